The quantitative estimate of drug-likeness (QED) is 0.682. The molecule has 0 unspecified atom stereocenters. The molecule has 6 heteroatoms. The van der Waals surface area contributed by atoms with Crippen LogP contribution in [0.15, 0.2) is 36.5 Å². The van der Waals surface area contributed by atoms with Gasteiger partial charge in [0, 0.05) is 43.0 Å². The third-order valence-corrected chi connectivity index (χ3v) is 5.15. The predicted octanol–water partition coefficient (Wildman–Crippen LogP) is 2.66. The largest absolute Gasteiger partial charge is 0.354 e. The maximum Gasteiger partial charge on any atom is 0.165 e. The minimum Gasteiger partial charge on any atom is -0.354 e. The number of benzene rings is 1. The van der Waals surface area contributed by atoms with Crippen molar-refractivity contribution >= 4 is 11.5 Å². The van der Waals surface area contributed by atoms with Crippen molar-refractivity contribution in [1.82, 2.24) is 19.5 Å². The lowest BCUT2D eigenvalue weighted by molar-refractivity contribution is 0.285. The van der Waals surface area contributed by atoms with Gasteiger partial charge in [0.15, 0.2) is 5.65 Å². The average Bonchev–Trinajstić information content (AvgIpc) is 3.08. The molecule has 6 nitrogen and oxygen atoms in total. The van der Waals surface area contributed by atoms with Gasteiger partial charge in [-0.3, -0.25) is 4.90 Å². The van der Waals surface area contributed by atoms with E-state index in [-0.39, 0.29) is 0 Å². The summed E-state index contributed by atoms with van der Waals surface area (Å²) in [6, 6.07) is 12.5. The van der Waals surface area contributed by atoms with Gasteiger partial charge in [-0.1, -0.05) is 30.3 Å². The Labute approximate surface area is 153 Å². The van der Waals surface area contributed by atoms with Crippen LogP contribution in [0, 0.1) is 25.2 Å². The van der Waals surface area contributed by atoms with Crippen molar-refractivity contribution in [2.24, 2.45) is 0 Å². The molecule has 1 fully saturated rings. The van der Waals surface area contributed by atoms with Gasteiger partial charge in [-0.2, -0.15) is 14.9 Å². The van der Waals surface area contributed by atoms with Gasteiger partial charge < -0.3 is 4.90 Å². The van der Waals surface area contributed by atoms with Crippen LogP contribution >= 0.6 is 0 Å². The summed E-state index contributed by atoms with van der Waals surface area (Å²) < 4.78 is 1.98. The number of rotatable bonds is 3. The Hall–Kier alpha value is -2.91. The van der Waals surface area contributed by atoms with E-state index in [1.165, 1.54) is 0 Å². The highest BCUT2D eigenvalue weighted by Gasteiger charge is 2.23. The summed E-state index contributed by atoms with van der Waals surface area (Å²) in [4.78, 5) is 9.39. The van der Waals surface area contributed by atoms with E-state index < -0.39 is 0 Å². The Morgan fingerprint density at radius 3 is 2.50 bits per heavy atom. The number of anilines is 1. The van der Waals surface area contributed by atoms with E-state index in [2.05, 4.69) is 46.9 Å². The monoisotopic (exact) mass is 346 g/mol. The first-order chi connectivity index (χ1) is 12.7. The number of hydrogen-bond donors (Lipinski definition) is 0. The molecular formula is C20H22N6. The van der Waals surface area contributed by atoms with E-state index in [1.807, 2.05) is 28.9 Å². The second kappa shape index (κ2) is 6.77. The fraction of sp³-hybridized carbons (Fsp3) is 0.350. The molecule has 0 amide bonds. The summed E-state index contributed by atoms with van der Waals surface area (Å²) in [6.07, 6.45) is 1.91. The fourth-order valence-corrected chi connectivity index (χ4v) is 3.58. The molecule has 0 spiro atoms. The standard InChI is InChI=1S/C20H22N6/c1-15-16(2)23-19-18(17-6-4-3-5-7-17)14-22-26(19)20(15)25-12-10-24(9-8-21)11-13-25/h3-7,14H,9-13H2,1-2H3. The third-order valence-electron chi connectivity index (χ3n) is 5.15. The first-order valence-electron chi connectivity index (χ1n) is 8.93. The smallest absolute Gasteiger partial charge is 0.165 e. The number of hydrogen-bond acceptors (Lipinski definition) is 5. The number of aryl methyl sites for hydroxylation is 1. The molecule has 1 aliphatic rings. The maximum absolute atomic E-state index is 8.91. The van der Waals surface area contributed by atoms with Crippen molar-refractivity contribution in [3.8, 4) is 17.2 Å². The first kappa shape index (κ1) is 16.6. The molecule has 132 valence electrons. The van der Waals surface area contributed by atoms with E-state index in [1.54, 1.807) is 0 Å². The summed E-state index contributed by atoms with van der Waals surface area (Å²) >= 11 is 0. The zero-order chi connectivity index (χ0) is 18.1. The van der Waals surface area contributed by atoms with E-state index in [0.29, 0.717) is 6.54 Å². The Balaban J connectivity index is 1.77. The molecule has 0 aliphatic carbocycles. The van der Waals surface area contributed by atoms with Crippen LogP contribution in [0.2, 0.25) is 0 Å². The molecule has 2 aromatic heterocycles. The van der Waals surface area contributed by atoms with Gasteiger partial charge in [0.25, 0.3) is 0 Å². The molecule has 26 heavy (non-hydrogen) atoms. The van der Waals surface area contributed by atoms with Gasteiger partial charge in [-0.05, 0) is 19.4 Å². The summed E-state index contributed by atoms with van der Waals surface area (Å²) in [5.41, 5.74) is 5.27. The number of nitriles is 1. The van der Waals surface area contributed by atoms with Gasteiger partial charge in [0.05, 0.1) is 18.8 Å². The van der Waals surface area contributed by atoms with Crippen molar-refractivity contribution in [2.75, 3.05) is 37.6 Å². The van der Waals surface area contributed by atoms with Crippen LogP contribution in [-0.4, -0.2) is 52.2 Å². The molecular weight excluding hydrogens is 324 g/mol. The Kier molecular flexibility index (Phi) is 4.31. The minimum atomic E-state index is 0.498. The van der Waals surface area contributed by atoms with Crippen molar-refractivity contribution in [1.29, 1.82) is 5.26 Å². The molecule has 3 heterocycles. The molecule has 0 saturated carbocycles. The van der Waals surface area contributed by atoms with E-state index in [9.17, 15) is 0 Å². The van der Waals surface area contributed by atoms with Crippen LogP contribution in [0.3, 0.4) is 0 Å². The predicted molar refractivity (Wildman–Crippen MR) is 102 cm³/mol. The summed E-state index contributed by atoms with van der Waals surface area (Å²) in [5.74, 6) is 1.12. The van der Waals surface area contributed by atoms with E-state index in [0.717, 1.165) is 60.0 Å². The van der Waals surface area contributed by atoms with Crippen LogP contribution in [-0.2, 0) is 0 Å². The zero-order valence-corrected chi connectivity index (χ0v) is 15.2. The zero-order valence-electron chi connectivity index (χ0n) is 15.2. The van der Waals surface area contributed by atoms with Gasteiger partial charge in [0.1, 0.15) is 5.82 Å². The normalized spacial score (nSPS) is 15.3. The molecule has 0 N–H and O–H groups in total. The topological polar surface area (TPSA) is 60.5 Å². The summed E-state index contributed by atoms with van der Waals surface area (Å²) in [5, 5.41) is 13.6. The van der Waals surface area contributed by atoms with Crippen LogP contribution in [0.4, 0.5) is 5.82 Å². The summed E-state index contributed by atoms with van der Waals surface area (Å²) in [7, 11) is 0. The van der Waals surface area contributed by atoms with Crippen LogP contribution in [0.25, 0.3) is 16.8 Å². The molecule has 0 atom stereocenters. The molecule has 0 radical (unpaired) electrons. The molecule has 3 aromatic rings. The SMILES string of the molecule is Cc1nc2c(-c3ccccc3)cnn2c(N2CCN(CC#N)CC2)c1C. The maximum atomic E-state index is 8.91. The molecule has 4 rings (SSSR count). The van der Waals surface area contributed by atoms with E-state index in [4.69, 9.17) is 10.2 Å². The fourth-order valence-electron chi connectivity index (χ4n) is 3.58. The van der Waals surface area contributed by atoms with Crippen molar-refractivity contribution in [3.05, 3.63) is 47.8 Å². The highest BCUT2D eigenvalue weighted by atomic mass is 15.4. The van der Waals surface area contributed by atoms with Gasteiger partial charge in [-0.25, -0.2) is 4.98 Å². The minimum absolute atomic E-state index is 0.498. The molecule has 1 aliphatic heterocycles. The Morgan fingerprint density at radius 1 is 1.08 bits per heavy atom. The average molecular weight is 346 g/mol. The van der Waals surface area contributed by atoms with Gasteiger partial charge in [-0.15, -0.1) is 0 Å². The van der Waals surface area contributed by atoms with Gasteiger partial charge >= 0.3 is 0 Å². The number of nitrogens with zero attached hydrogens (tertiary/aromatic N) is 6. The number of aromatic nitrogens is 3. The van der Waals surface area contributed by atoms with Crippen LogP contribution < -0.4 is 4.90 Å². The first-order valence-corrected chi connectivity index (χ1v) is 8.93. The lowest BCUT2D eigenvalue weighted by Gasteiger charge is -2.35. The lowest BCUT2D eigenvalue weighted by atomic mass is 10.1. The van der Waals surface area contributed by atoms with Crippen molar-refractivity contribution in [3.63, 3.8) is 0 Å². The summed E-state index contributed by atoms with van der Waals surface area (Å²) in [6.45, 7) is 8.24. The number of piperazine rings is 1. The Morgan fingerprint density at radius 2 is 1.81 bits per heavy atom. The van der Waals surface area contributed by atoms with Crippen molar-refractivity contribution < 1.29 is 0 Å². The lowest BCUT2D eigenvalue weighted by Crippen LogP contribution is -2.47. The van der Waals surface area contributed by atoms with E-state index >= 15 is 0 Å². The Bertz CT molecular complexity index is 961. The van der Waals surface area contributed by atoms with Gasteiger partial charge in [0.2, 0.25) is 0 Å². The van der Waals surface area contributed by atoms with Crippen LogP contribution in [0.1, 0.15) is 11.3 Å². The molecule has 1 aromatic carbocycles. The highest BCUT2D eigenvalue weighted by molar-refractivity contribution is 5.78. The highest BCUT2D eigenvalue weighted by Crippen LogP contribution is 2.30. The molecule has 1 saturated heterocycles. The second-order valence-electron chi connectivity index (χ2n) is 6.73. The number of fused-ring (bicyclic) bond motifs is 1. The molecule has 0 bridgehead atoms. The van der Waals surface area contributed by atoms with Crippen LogP contribution in [0.5, 0.6) is 0 Å². The third kappa shape index (κ3) is 2.80. The van der Waals surface area contributed by atoms with Crippen molar-refractivity contribution in [2.45, 2.75) is 13.8 Å². The second-order valence-corrected chi connectivity index (χ2v) is 6.73.